The van der Waals surface area contributed by atoms with E-state index in [0.717, 1.165) is 50.5 Å². The zero-order valence-corrected chi connectivity index (χ0v) is 18.4. The number of fused-ring (bicyclic) bond motifs is 1. The molecule has 0 aliphatic carbocycles. The monoisotopic (exact) mass is 418 g/mol. The lowest BCUT2D eigenvalue weighted by Gasteiger charge is -2.07. The minimum absolute atomic E-state index is 0.252. The highest BCUT2D eigenvalue weighted by molar-refractivity contribution is 6.05. The summed E-state index contributed by atoms with van der Waals surface area (Å²) < 4.78 is 16.0. The fourth-order valence-electron chi connectivity index (χ4n) is 3.53. The van der Waals surface area contributed by atoms with E-state index in [2.05, 4.69) is 0 Å². The van der Waals surface area contributed by atoms with Crippen molar-refractivity contribution in [3.63, 3.8) is 0 Å². The van der Waals surface area contributed by atoms with Crippen molar-refractivity contribution in [2.24, 2.45) is 0 Å². The number of carbonyl (C=O) groups is 2. The maximum atomic E-state index is 12.2. The Bertz CT molecular complexity index is 750. The first-order chi connectivity index (χ1) is 14.5. The minimum atomic E-state index is -0.394. The zero-order chi connectivity index (χ0) is 21.9. The minimum Gasteiger partial charge on any atom is -0.497 e. The van der Waals surface area contributed by atoms with Crippen molar-refractivity contribution >= 4 is 17.5 Å². The summed E-state index contributed by atoms with van der Waals surface area (Å²) in [4.78, 5) is 23.9. The molecule has 1 heterocycles. The van der Waals surface area contributed by atoms with Gasteiger partial charge in [-0.3, -0.25) is 4.79 Å². The largest absolute Gasteiger partial charge is 0.497 e. The average Bonchev–Trinajstić information content (AvgIpc) is 3.05. The number of aliphatic hydroxyl groups is 1. The van der Waals surface area contributed by atoms with E-state index < -0.39 is 12.1 Å². The summed E-state index contributed by atoms with van der Waals surface area (Å²) in [5.41, 5.74) is 1.17. The number of carbonyl (C=O) groups excluding carboxylic acids is 2. The van der Waals surface area contributed by atoms with Gasteiger partial charge in [0, 0.05) is 24.5 Å². The number of methoxy groups -OCH3 is 2. The number of Topliss-reactive ketones (excluding diaryl/α,β-unsaturated/α-hetero) is 1. The van der Waals surface area contributed by atoms with Crippen molar-refractivity contribution in [3.05, 3.63) is 29.3 Å². The van der Waals surface area contributed by atoms with Crippen molar-refractivity contribution in [1.29, 1.82) is 0 Å². The second-order valence-corrected chi connectivity index (χ2v) is 7.80. The fraction of sp³-hybridized carbons (Fsp3) is 0.583. The molecule has 6 nitrogen and oxygen atoms in total. The molecule has 1 aliphatic heterocycles. The van der Waals surface area contributed by atoms with Crippen LogP contribution in [-0.2, 0) is 9.53 Å². The van der Waals surface area contributed by atoms with Gasteiger partial charge in [-0.05, 0) is 44.7 Å². The highest BCUT2D eigenvalue weighted by atomic mass is 16.5. The lowest BCUT2D eigenvalue weighted by molar-refractivity contribution is -0.119. The van der Waals surface area contributed by atoms with Gasteiger partial charge < -0.3 is 19.3 Å². The molecule has 0 amide bonds. The molecule has 1 unspecified atom stereocenters. The van der Waals surface area contributed by atoms with Crippen molar-refractivity contribution in [1.82, 2.24) is 0 Å². The van der Waals surface area contributed by atoms with Crippen LogP contribution in [0.2, 0.25) is 0 Å². The Morgan fingerprint density at radius 3 is 2.43 bits per heavy atom. The molecule has 0 fully saturated rings. The number of allylic oxidation sites excluding steroid dienone is 1. The Morgan fingerprint density at radius 2 is 1.77 bits per heavy atom. The number of unbranched alkanes of at least 4 members (excludes halogenated alkanes) is 6. The Morgan fingerprint density at radius 1 is 1.07 bits per heavy atom. The number of ether oxygens (including phenoxy) is 3. The summed E-state index contributed by atoms with van der Waals surface area (Å²) in [5, 5.41) is 9.20. The summed E-state index contributed by atoms with van der Waals surface area (Å²) >= 11 is 0. The standard InChI is InChI=1S/C24H34O6/c1-17(25)13-14-18(26)11-9-7-5-4-6-8-10-12-21-20-15-19(28-2)16-22(29-3)23(20)24(27)30-21/h12,15-17,25H,4-11,13-14H2,1-3H3/b21-12+. The Balaban J connectivity index is 1.68. The highest BCUT2D eigenvalue weighted by Crippen LogP contribution is 2.39. The summed E-state index contributed by atoms with van der Waals surface area (Å²) in [6, 6.07) is 3.49. The van der Waals surface area contributed by atoms with Crippen LogP contribution in [0.4, 0.5) is 0 Å². The molecule has 1 aromatic carbocycles. The van der Waals surface area contributed by atoms with Gasteiger partial charge in [0.15, 0.2) is 0 Å². The molecule has 0 aromatic heterocycles. The number of aliphatic hydroxyl groups excluding tert-OH is 1. The molecule has 0 radical (unpaired) electrons. The van der Waals surface area contributed by atoms with Crippen LogP contribution >= 0.6 is 0 Å². The number of cyclic esters (lactones) is 1. The second kappa shape index (κ2) is 12.4. The smallest absolute Gasteiger partial charge is 0.348 e. The van der Waals surface area contributed by atoms with Gasteiger partial charge >= 0.3 is 5.97 Å². The van der Waals surface area contributed by atoms with Gasteiger partial charge in [0.2, 0.25) is 0 Å². The van der Waals surface area contributed by atoms with Crippen molar-refractivity contribution in [3.8, 4) is 11.5 Å². The molecule has 30 heavy (non-hydrogen) atoms. The Kier molecular flexibility index (Phi) is 9.87. The Hall–Kier alpha value is -2.34. The Labute approximate surface area is 179 Å². The summed E-state index contributed by atoms with van der Waals surface area (Å²) in [6.07, 6.45) is 10.4. The van der Waals surface area contributed by atoms with E-state index >= 15 is 0 Å². The van der Waals surface area contributed by atoms with Crippen LogP contribution in [0.3, 0.4) is 0 Å². The lowest BCUT2D eigenvalue weighted by Crippen LogP contribution is -2.05. The molecule has 1 N–H and O–H groups in total. The average molecular weight is 419 g/mol. The quantitative estimate of drug-likeness (QED) is 0.336. The number of ketones is 1. The van der Waals surface area contributed by atoms with Gasteiger partial charge in [-0.2, -0.15) is 0 Å². The van der Waals surface area contributed by atoms with Gasteiger partial charge in [-0.1, -0.05) is 25.7 Å². The van der Waals surface area contributed by atoms with Crippen LogP contribution in [0, 0.1) is 0 Å². The summed E-state index contributed by atoms with van der Waals surface area (Å²) in [6.45, 7) is 1.71. The van der Waals surface area contributed by atoms with E-state index in [0.29, 0.717) is 42.1 Å². The predicted octanol–water partition coefficient (Wildman–Crippen LogP) is 5.07. The van der Waals surface area contributed by atoms with Gasteiger partial charge in [0.25, 0.3) is 0 Å². The van der Waals surface area contributed by atoms with Gasteiger partial charge in [0.1, 0.15) is 28.6 Å². The van der Waals surface area contributed by atoms with Gasteiger partial charge in [-0.15, -0.1) is 0 Å². The maximum Gasteiger partial charge on any atom is 0.348 e. The SMILES string of the molecule is COc1cc(OC)c2c(c1)/C(=C\CCCCCCCCC(=O)CCC(C)O)OC2=O. The number of hydrogen-bond donors (Lipinski definition) is 1. The third-order valence-corrected chi connectivity index (χ3v) is 5.28. The molecule has 1 aromatic rings. The molecule has 2 rings (SSSR count). The lowest BCUT2D eigenvalue weighted by atomic mass is 10.0. The van der Waals surface area contributed by atoms with Crippen molar-refractivity contribution in [2.75, 3.05) is 14.2 Å². The zero-order valence-electron chi connectivity index (χ0n) is 18.4. The number of rotatable bonds is 14. The molecule has 0 bridgehead atoms. The maximum absolute atomic E-state index is 12.2. The van der Waals surface area contributed by atoms with Crippen LogP contribution in [-0.4, -0.2) is 37.2 Å². The van der Waals surface area contributed by atoms with Crippen LogP contribution in [0.1, 0.15) is 87.1 Å². The van der Waals surface area contributed by atoms with Gasteiger partial charge in [-0.25, -0.2) is 4.79 Å². The molecule has 1 aliphatic rings. The molecule has 1 atom stereocenters. The molecule has 6 heteroatoms. The number of hydrogen-bond acceptors (Lipinski definition) is 6. The second-order valence-electron chi connectivity index (χ2n) is 7.80. The first-order valence-electron chi connectivity index (χ1n) is 10.8. The predicted molar refractivity (Wildman–Crippen MR) is 116 cm³/mol. The summed E-state index contributed by atoms with van der Waals surface area (Å²) in [7, 11) is 3.10. The van der Waals surface area contributed by atoms with Crippen LogP contribution in [0.25, 0.3) is 5.76 Å². The molecular weight excluding hydrogens is 384 g/mol. The van der Waals surface area contributed by atoms with Gasteiger partial charge in [0.05, 0.1) is 20.3 Å². The topological polar surface area (TPSA) is 82.1 Å². The van der Waals surface area contributed by atoms with E-state index in [4.69, 9.17) is 14.2 Å². The van der Waals surface area contributed by atoms with Crippen molar-refractivity contribution in [2.45, 2.75) is 77.2 Å². The first kappa shape index (κ1) is 23.9. The van der Waals surface area contributed by atoms with Crippen LogP contribution < -0.4 is 9.47 Å². The number of benzene rings is 1. The molecule has 0 spiro atoms. The number of esters is 1. The molecule has 166 valence electrons. The van der Waals surface area contributed by atoms with E-state index in [1.807, 2.05) is 6.08 Å². The van der Waals surface area contributed by atoms with E-state index in [9.17, 15) is 14.7 Å². The summed E-state index contributed by atoms with van der Waals surface area (Å²) in [5.74, 6) is 1.52. The van der Waals surface area contributed by atoms with E-state index in [1.54, 1.807) is 26.2 Å². The normalized spacial score (nSPS) is 15.1. The van der Waals surface area contributed by atoms with E-state index in [1.165, 1.54) is 7.11 Å². The molecule has 0 saturated carbocycles. The third-order valence-electron chi connectivity index (χ3n) is 5.28. The van der Waals surface area contributed by atoms with Crippen molar-refractivity contribution < 1.29 is 28.9 Å². The highest BCUT2D eigenvalue weighted by Gasteiger charge is 2.31. The first-order valence-corrected chi connectivity index (χ1v) is 10.8. The van der Waals surface area contributed by atoms with Crippen LogP contribution in [0.15, 0.2) is 18.2 Å². The third kappa shape index (κ3) is 7.17. The fourth-order valence-corrected chi connectivity index (χ4v) is 3.53. The van der Waals surface area contributed by atoms with E-state index in [-0.39, 0.29) is 5.78 Å². The molecular formula is C24H34O6. The van der Waals surface area contributed by atoms with Crippen LogP contribution in [0.5, 0.6) is 11.5 Å². The molecule has 0 saturated heterocycles.